The van der Waals surface area contributed by atoms with Gasteiger partial charge >= 0.3 is 0 Å². The van der Waals surface area contributed by atoms with Gasteiger partial charge < -0.3 is 14.3 Å². The lowest BCUT2D eigenvalue weighted by Gasteiger charge is -2.22. The van der Waals surface area contributed by atoms with E-state index < -0.39 is 0 Å². The molecular formula is C14H17N3OS. The lowest BCUT2D eigenvalue weighted by Crippen LogP contribution is -2.20. The Labute approximate surface area is 117 Å². The van der Waals surface area contributed by atoms with Crippen molar-refractivity contribution in [1.29, 1.82) is 5.26 Å². The number of nitriles is 1. The van der Waals surface area contributed by atoms with E-state index in [-0.39, 0.29) is 6.04 Å². The first-order valence-electron chi connectivity index (χ1n) is 6.21. The molecule has 4 nitrogen and oxygen atoms in total. The van der Waals surface area contributed by atoms with E-state index >= 15 is 0 Å². The third kappa shape index (κ3) is 2.55. The molecule has 0 aliphatic heterocycles. The van der Waals surface area contributed by atoms with Gasteiger partial charge in [-0.05, 0) is 36.3 Å². The molecule has 2 aromatic rings. The van der Waals surface area contributed by atoms with Crippen LogP contribution in [-0.2, 0) is 4.74 Å². The maximum atomic E-state index is 9.03. The summed E-state index contributed by atoms with van der Waals surface area (Å²) >= 11 is 5.41. The molecule has 1 unspecified atom stereocenters. The molecule has 19 heavy (non-hydrogen) atoms. The van der Waals surface area contributed by atoms with Crippen LogP contribution in [0.2, 0.25) is 0 Å². The quantitative estimate of drug-likeness (QED) is 0.870. The minimum absolute atomic E-state index is 0.153. The highest BCUT2D eigenvalue weighted by atomic mass is 32.1. The van der Waals surface area contributed by atoms with Crippen LogP contribution < -0.4 is 0 Å². The smallest absolute Gasteiger partial charge is 0.178 e. The average Bonchev–Trinajstić information content (AvgIpc) is 2.70. The number of H-pyrrole nitrogens is 1. The molecule has 1 heterocycles. The van der Waals surface area contributed by atoms with Gasteiger partial charge in [0.15, 0.2) is 4.77 Å². The molecule has 0 amide bonds. The number of nitrogens with one attached hydrogen (secondary N) is 1. The second kappa shape index (κ2) is 5.55. The maximum Gasteiger partial charge on any atom is 0.178 e. The molecule has 1 aromatic carbocycles. The van der Waals surface area contributed by atoms with Gasteiger partial charge in [-0.2, -0.15) is 5.26 Å². The summed E-state index contributed by atoms with van der Waals surface area (Å²) in [4.78, 5) is 3.18. The number of rotatable bonds is 4. The van der Waals surface area contributed by atoms with Crippen LogP contribution in [-0.4, -0.2) is 23.3 Å². The van der Waals surface area contributed by atoms with Crippen LogP contribution in [0.5, 0.6) is 0 Å². The van der Waals surface area contributed by atoms with Gasteiger partial charge in [-0.15, -0.1) is 0 Å². The van der Waals surface area contributed by atoms with E-state index in [0.717, 1.165) is 11.0 Å². The fourth-order valence-electron chi connectivity index (χ4n) is 2.26. The van der Waals surface area contributed by atoms with Gasteiger partial charge in [0.05, 0.1) is 35.3 Å². The number of aromatic amines is 1. The monoisotopic (exact) mass is 275 g/mol. The van der Waals surface area contributed by atoms with Gasteiger partial charge in [0, 0.05) is 7.11 Å². The fraction of sp³-hybridized carbons (Fsp3) is 0.429. The molecule has 100 valence electrons. The highest BCUT2D eigenvalue weighted by molar-refractivity contribution is 7.71. The summed E-state index contributed by atoms with van der Waals surface area (Å²) in [5, 5.41) is 9.03. The Hall–Kier alpha value is -1.64. The van der Waals surface area contributed by atoms with Crippen LogP contribution in [0.4, 0.5) is 0 Å². The summed E-state index contributed by atoms with van der Waals surface area (Å²) in [7, 11) is 1.69. The Bertz CT molecular complexity index is 678. The molecule has 1 atom stereocenters. The van der Waals surface area contributed by atoms with E-state index in [1.54, 1.807) is 13.2 Å². The van der Waals surface area contributed by atoms with Crippen molar-refractivity contribution in [3.63, 3.8) is 0 Å². The molecule has 0 saturated carbocycles. The standard InChI is InChI=1S/C14H17N3OS/c1-9(2)13(8-18-3)17-12-6-10(7-15)4-5-11(12)16-14(17)19/h4-6,9,13H,8H2,1-3H3,(H,16,19). The maximum absolute atomic E-state index is 9.03. The number of aromatic nitrogens is 2. The lowest BCUT2D eigenvalue weighted by molar-refractivity contribution is 0.134. The van der Waals surface area contributed by atoms with Gasteiger partial charge in [-0.3, -0.25) is 0 Å². The summed E-state index contributed by atoms with van der Waals surface area (Å²) in [6.45, 7) is 4.87. The number of fused-ring (bicyclic) bond motifs is 1. The van der Waals surface area contributed by atoms with Gasteiger partial charge in [-0.1, -0.05) is 13.8 Å². The Morgan fingerprint density at radius 3 is 2.79 bits per heavy atom. The minimum atomic E-state index is 0.153. The second-order valence-electron chi connectivity index (χ2n) is 4.91. The molecule has 0 bridgehead atoms. The van der Waals surface area contributed by atoms with Crippen LogP contribution in [0.3, 0.4) is 0 Å². The third-order valence-corrected chi connectivity index (χ3v) is 3.58. The van der Waals surface area contributed by atoms with Crippen LogP contribution >= 0.6 is 12.2 Å². The second-order valence-corrected chi connectivity index (χ2v) is 5.30. The summed E-state index contributed by atoms with van der Waals surface area (Å²) in [5.41, 5.74) is 2.54. The van der Waals surface area contributed by atoms with Crippen molar-refractivity contribution in [2.45, 2.75) is 19.9 Å². The van der Waals surface area contributed by atoms with Crippen LogP contribution in [0.1, 0.15) is 25.5 Å². The SMILES string of the molecule is COCC(C(C)C)n1c(=S)[nH]c2ccc(C#N)cc21. The van der Waals surface area contributed by atoms with Gasteiger partial charge in [-0.25, -0.2) is 0 Å². The molecule has 5 heteroatoms. The number of ether oxygens (including phenoxy) is 1. The fourth-order valence-corrected chi connectivity index (χ4v) is 2.60. The Morgan fingerprint density at radius 1 is 1.47 bits per heavy atom. The first-order chi connectivity index (χ1) is 9.08. The Balaban J connectivity index is 2.67. The molecule has 0 radical (unpaired) electrons. The van der Waals surface area contributed by atoms with E-state index in [9.17, 15) is 0 Å². The highest BCUT2D eigenvalue weighted by Gasteiger charge is 2.19. The molecule has 2 rings (SSSR count). The van der Waals surface area contributed by atoms with Crippen LogP contribution in [0, 0.1) is 22.0 Å². The van der Waals surface area contributed by atoms with E-state index in [1.165, 1.54) is 0 Å². The number of imidazole rings is 1. The van der Waals surface area contributed by atoms with Crippen molar-refractivity contribution in [1.82, 2.24) is 9.55 Å². The number of benzene rings is 1. The molecule has 1 N–H and O–H groups in total. The third-order valence-electron chi connectivity index (χ3n) is 3.29. The molecule has 0 aliphatic carbocycles. The lowest BCUT2D eigenvalue weighted by atomic mass is 10.0. The number of nitrogens with zero attached hydrogens (tertiary/aromatic N) is 2. The van der Waals surface area contributed by atoms with E-state index in [1.807, 2.05) is 12.1 Å². The van der Waals surface area contributed by atoms with Gasteiger partial charge in [0.25, 0.3) is 0 Å². The summed E-state index contributed by atoms with van der Waals surface area (Å²) in [6, 6.07) is 7.87. The predicted octanol–water partition coefficient (Wildman–Crippen LogP) is 3.41. The Morgan fingerprint density at radius 2 is 2.21 bits per heavy atom. The number of hydrogen-bond acceptors (Lipinski definition) is 3. The first kappa shape index (κ1) is 13.8. The van der Waals surface area contributed by atoms with Crippen molar-refractivity contribution in [3.8, 4) is 6.07 Å². The van der Waals surface area contributed by atoms with Crippen LogP contribution in [0.25, 0.3) is 11.0 Å². The molecule has 0 fully saturated rings. The molecule has 0 aliphatic rings. The summed E-state index contributed by atoms with van der Waals surface area (Å²) < 4.78 is 8.03. The highest BCUT2D eigenvalue weighted by Crippen LogP contribution is 2.25. The van der Waals surface area contributed by atoms with Crippen molar-refractivity contribution >= 4 is 23.3 Å². The predicted molar refractivity (Wildman–Crippen MR) is 77.6 cm³/mol. The molecule has 1 aromatic heterocycles. The van der Waals surface area contributed by atoms with Crippen molar-refractivity contribution < 1.29 is 4.74 Å². The minimum Gasteiger partial charge on any atom is -0.383 e. The van der Waals surface area contributed by atoms with E-state index in [0.29, 0.717) is 22.9 Å². The summed E-state index contributed by atoms with van der Waals surface area (Å²) in [6.07, 6.45) is 0. The molecule has 0 spiro atoms. The van der Waals surface area contributed by atoms with E-state index in [4.69, 9.17) is 22.2 Å². The zero-order chi connectivity index (χ0) is 14.0. The topological polar surface area (TPSA) is 53.7 Å². The summed E-state index contributed by atoms with van der Waals surface area (Å²) in [5.74, 6) is 0.386. The Kier molecular flexibility index (Phi) is 4.03. The number of methoxy groups -OCH3 is 1. The normalized spacial score (nSPS) is 12.8. The average molecular weight is 275 g/mol. The van der Waals surface area contributed by atoms with Crippen molar-refractivity contribution in [2.24, 2.45) is 5.92 Å². The first-order valence-corrected chi connectivity index (χ1v) is 6.62. The van der Waals surface area contributed by atoms with Gasteiger partial charge in [0.2, 0.25) is 0 Å². The zero-order valence-corrected chi connectivity index (χ0v) is 12.1. The number of hydrogen-bond donors (Lipinski definition) is 1. The molecule has 0 saturated heterocycles. The van der Waals surface area contributed by atoms with Crippen molar-refractivity contribution in [2.75, 3.05) is 13.7 Å². The molecular weight excluding hydrogens is 258 g/mol. The van der Waals surface area contributed by atoms with Crippen LogP contribution in [0.15, 0.2) is 18.2 Å². The van der Waals surface area contributed by atoms with Crippen molar-refractivity contribution in [3.05, 3.63) is 28.5 Å². The largest absolute Gasteiger partial charge is 0.383 e. The van der Waals surface area contributed by atoms with Gasteiger partial charge in [0.1, 0.15) is 0 Å². The van der Waals surface area contributed by atoms with E-state index in [2.05, 4.69) is 29.5 Å². The zero-order valence-electron chi connectivity index (χ0n) is 11.3.